The Morgan fingerprint density at radius 2 is 1.81 bits per heavy atom. The molecule has 2 N–H and O–H groups in total. The van der Waals surface area contributed by atoms with Gasteiger partial charge in [-0.2, -0.15) is 0 Å². The number of thiocarbonyl (C=S) groups is 1. The van der Waals surface area contributed by atoms with Crippen LogP contribution in [0.4, 0.5) is 5.69 Å². The van der Waals surface area contributed by atoms with E-state index in [4.69, 9.17) is 26.8 Å². The third kappa shape index (κ3) is 5.45. The van der Waals surface area contributed by atoms with Crippen LogP contribution in [0.15, 0.2) is 47.4 Å². The van der Waals surface area contributed by atoms with Crippen molar-refractivity contribution in [2.24, 2.45) is 0 Å². The van der Waals surface area contributed by atoms with E-state index in [1.54, 1.807) is 31.4 Å². The molecule has 0 aliphatic carbocycles. The molecular weight excluding hydrogens is 452 g/mol. The van der Waals surface area contributed by atoms with Gasteiger partial charge in [-0.05, 0) is 48.0 Å². The summed E-state index contributed by atoms with van der Waals surface area (Å²) in [6, 6.07) is 11.1. The second-order valence-electron chi connectivity index (χ2n) is 6.63. The van der Waals surface area contributed by atoms with Crippen molar-refractivity contribution in [3.8, 4) is 11.5 Å². The van der Waals surface area contributed by atoms with Gasteiger partial charge in [0.25, 0.3) is 5.91 Å². The lowest BCUT2D eigenvalue weighted by Gasteiger charge is -2.14. The fourth-order valence-corrected chi connectivity index (χ4v) is 4.23. The molecule has 1 saturated heterocycles. The van der Waals surface area contributed by atoms with E-state index in [-0.39, 0.29) is 30.3 Å². The monoisotopic (exact) mass is 472 g/mol. The molecule has 0 spiro atoms. The summed E-state index contributed by atoms with van der Waals surface area (Å²) in [4.78, 5) is 37.8. The Balaban J connectivity index is 1.61. The molecule has 166 valence electrons. The third-order valence-electron chi connectivity index (χ3n) is 4.56. The smallest absolute Gasteiger partial charge is 0.335 e. The Hall–Kier alpha value is -3.37. The number of nitrogens with one attached hydrogen (secondary N) is 1. The second-order valence-corrected chi connectivity index (χ2v) is 8.30. The van der Waals surface area contributed by atoms with Gasteiger partial charge in [-0.15, -0.1) is 0 Å². The van der Waals surface area contributed by atoms with E-state index in [2.05, 4.69) is 5.32 Å². The summed E-state index contributed by atoms with van der Waals surface area (Å²) in [5, 5.41) is 11.6. The molecule has 2 amide bonds. The number of rotatable bonds is 8. The Morgan fingerprint density at radius 1 is 1.12 bits per heavy atom. The van der Waals surface area contributed by atoms with E-state index in [1.807, 2.05) is 0 Å². The van der Waals surface area contributed by atoms with Gasteiger partial charge in [0.15, 0.2) is 11.5 Å². The van der Waals surface area contributed by atoms with Crippen LogP contribution in [-0.2, 0) is 9.59 Å². The minimum Gasteiger partial charge on any atom is -0.493 e. The Morgan fingerprint density at radius 3 is 2.44 bits per heavy atom. The number of benzene rings is 2. The van der Waals surface area contributed by atoms with Crippen molar-refractivity contribution in [1.82, 2.24) is 4.90 Å². The summed E-state index contributed by atoms with van der Waals surface area (Å²) in [7, 11) is 3.08. The summed E-state index contributed by atoms with van der Waals surface area (Å²) in [5.41, 5.74) is 1.35. The van der Waals surface area contributed by atoms with Gasteiger partial charge in [0, 0.05) is 18.7 Å². The number of aromatic carboxylic acids is 1. The van der Waals surface area contributed by atoms with Crippen molar-refractivity contribution >= 4 is 57.8 Å². The van der Waals surface area contributed by atoms with Gasteiger partial charge in [0.05, 0.1) is 24.7 Å². The number of anilines is 1. The second kappa shape index (κ2) is 10.3. The number of carbonyl (C=O) groups is 3. The Labute approximate surface area is 194 Å². The molecule has 0 aromatic heterocycles. The number of hydrogen-bond donors (Lipinski definition) is 2. The van der Waals surface area contributed by atoms with Crippen molar-refractivity contribution in [2.75, 3.05) is 26.1 Å². The van der Waals surface area contributed by atoms with Crippen LogP contribution in [0.25, 0.3) is 6.08 Å². The molecule has 10 heteroatoms. The van der Waals surface area contributed by atoms with Crippen LogP contribution < -0.4 is 14.8 Å². The maximum absolute atomic E-state index is 12.8. The van der Waals surface area contributed by atoms with Crippen LogP contribution in [0.1, 0.15) is 22.3 Å². The number of carboxylic acids is 1. The van der Waals surface area contributed by atoms with Gasteiger partial charge in [-0.25, -0.2) is 4.79 Å². The predicted molar refractivity (Wildman–Crippen MR) is 126 cm³/mol. The summed E-state index contributed by atoms with van der Waals surface area (Å²) in [6.45, 7) is 0.132. The fraction of sp³-hybridized carbons (Fsp3) is 0.182. The molecule has 8 nitrogen and oxygen atoms in total. The number of carboxylic acid groups (broad SMARTS) is 1. The molecule has 0 atom stereocenters. The first-order chi connectivity index (χ1) is 15.3. The fourth-order valence-electron chi connectivity index (χ4n) is 2.92. The molecule has 1 fully saturated rings. The summed E-state index contributed by atoms with van der Waals surface area (Å²) in [6.07, 6.45) is 1.75. The molecule has 32 heavy (non-hydrogen) atoms. The van der Waals surface area contributed by atoms with Crippen LogP contribution >= 0.6 is 24.0 Å². The average Bonchev–Trinajstić information content (AvgIpc) is 3.04. The number of hydrogen-bond acceptors (Lipinski definition) is 7. The van der Waals surface area contributed by atoms with Crippen LogP contribution in [-0.4, -0.2) is 52.9 Å². The van der Waals surface area contributed by atoms with Crippen LogP contribution in [0.5, 0.6) is 11.5 Å². The van der Waals surface area contributed by atoms with Crippen molar-refractivity contribution in [1.29, 1.82) is 0 Å². The van der Waals surface area contributed by atoms with Crippen LogP contribution in [0.2, 0.25) is 0 Å². The number of nitrogens with zero attached hydrogens (tertiary/aromatic N) is 1. The molecule has 3 rings (SSSR count). The van der Waals surface area contributed by atoms with Crippen molar-refractivity contribution in [3.63, 3.8) is 0 Å². The zero-order chi connectivity index (χ0) is 23.3. The van der Waals surface area contributed by atoms with Gasteiger partial charge in [-0.1, -0.05) is 30.0 Å². The molecule has 0 bridgehead atoms. The molecule has 0 unspecified atom stereocenters. The van der Waals surface area contributed by atoms with E-state index in [0.29, 0.717) is 26.4 Å². The first-order valence-electron chi connectivity index (χ1n) is 9.43. The Bertz CT molecular complexity index is 1100. The quantitative estimate of drug-likeness (QED) is 0.443. The van der Waals surface area contributed by atoms with Gasteiger partial charge >= 0.3 is 5.97 Å². The number of thioether (sulfide) groups is 1. The molecule has 2 aromatic carbocycles. The lowest BCUT2D eigenvalue weighted by molar-refractivity contribution is -0.122. The number of methoxy groups -OCH3 is 2. The lowest BCUT2D eigenvalue weighted by atomic mass is 10.2. The van der Waals surface area contributed by atoms with E-state index in [0.717, 1.165) is 5.56 Å². The van der Waals surface area contributed by atoms with Gasteiger partial charge in [0.2, 0.25) is 5.91 Å². The van der Waals surface area contributed by atoms with Crippen molar-refractivity contribution in [2.45, 2.75) is 6.42 Å². The number of ether oxygens (including phenoxy) is 2. The summed E-state index contributed by atoms with van der Waals surface area (Å²) in [5.74, 6) is -0.497. The lowest BCUT2D eigenvalue weighted by Crippen LogP contribution is -2.31. The summed E-state index contributed by atoms with van der Waals surface area (Å²) >= 11 is 6.48. The molecule has 0 saturated carbocycles. The SMILES string of the molecule is COc1ccc(/C=C2/SC(=S)N(CCC(=O)Nc3ccc(C(=O)O)cc3)C2=O)cc1OC. The van der Waals surface area contributed by atoms with Gasteiger partial charge in [0.1, 0.15) is 4.32 Å². The minimum atomic E-state index is -1.04. The van der Waals surface area contributed by atoms with Crippen LogP contribution in [0.3, 0.4) is 0 Å². The zero-order valence-electron chi connectivity index (χ0n) is 17.3. The first-order valence-corrected chi connectivity index (χ1v) is 10.7. The first kappa shape index (κ1) is 23.3. The number of amides is 2. The third-order valence-corrected chi connectivity index (χ3v) is 5.93. The highest BCUT2D eigenvalue weighted by molar-refractivity contribution is 8.26. The molecular formula is C22H20N2O6S2. The van der Waals surface area contributed by atoms with Gasteiger partial charge < -0.3 is 19.9 Å². The largest absolute Gasteiger partial charge is 0.493 e. The van der Waals surface area contributed by atoms with Crippen molar-refractivity contribution < 1.29 is 29.0 Å². The predicted octanol–water partition coefficient (Wildman–Crippen LogP) is 3.63. The Kier molecular flexibility index (Phi) is 7.49. The standard InChI is InChI=1S/C22H20N2O6S2/c1-29-16-8-3-13(11-17(16)30-2)12-18-20(26)24(22(31)32-18)10-9-19(25)23-15-6-4-14(5-7-15)21(27)28/h3-8,11-12H,9-10H2,1-2H3,(H,23,25)(H,27,28)/b18-12+. The highest BCUT2D eigenvalue weighted by Gasteiger charge is 2.32. The van der Waals surface area contributed by atoms with Crippen LogP contribution in [0, 0.1) is 0 Å². The maximum atomic E-state index is 12.8. The highest BCUT2D eigenvalue weighted by Crippen LogP contribution is 2.34. The topological polar surface area (TPSA) is 105 Å². The molecule has 2 aromatic rings. The number of carbonyl (C=O) groups excluding carboxylic acids is 2. The molecule has 1 aliphatic heterocycles. The van der Waals surface area contributed by atoms with E-state index >= 15 is 0 Å². The highest BCUT2D eigenvalue weighted by atomic mass is 32.2. The zero-order valence-corrected chi connectivity index (χ0v) is 18.9. The molecule has 1 aliphatic rings. The van der Waals surface area contributed by atoms with Crippen molar-refractivity contribution in [3.05, 3.63) is 58.5 Å². The normalized spacial score (nSPS) is 14.6. The van der Waals surface area contributed by atoms with Gasteiger partial charge in [-0.3, -0.25) is 14.5 Å². The average molecular weight is 473 g/mol. The minimum absolute atomic E-state index is 0.0385. The summed E-state index contributed by atoms with van der Waals surface area (Å²) < 4.78 is 10.9. The van der Waals surface area contributed by atoms with E-state index in [1.165, 1.54) is 48.0 Å². The van der Waals surface area contributed by atoms with E-state index < -0.39 is 5.97 Å². The van der Waals surface area contributed by atoms with E-state index in [9.17, 15) is 14.4 Å². The molecule has 0 radical (unpaired) electrons. The molecule has 1 heterocycles. The maximum Gasteiger partial charge on any atom is 0.335 e.